The highest BCUT2D eigenvalue weighted by molar-refractivity contribution is 8.00. The molecule has 7 heteroatoms. The minimum atomic E-state index is -0.502. The third-order valence-electron chi connectivity index (χ3n) is 5.22. The summed E-state index contributed by atoms with van der Waals surface area (Å²) in [5, 5.41) is 12.3. The van der Waals surface area contributed by atoms with Crippen LogP contribution in [0.3, 0.4) is 0 Å². The lowest BCUT2D eigenvalue weighted by Gasteiger charge is -2.16. The van der Waals surface area contributed by atoms with E-state index in [4.69, 9.17) is 10.2 Å². The Morgan fingerprint density at radius 1 is 1.09 bits per heavy atom. The second kappa shape index (κ2) is 9.72. The van der Waals surface area contributed by atoms with Crippen molar-refractivity contribution in [2.75, 3.05) is 5.32 Å². The molecule has 0 saturated heterocycles. The molecule has 0 fully saturated rings. The lowest BCUT2D eigenvalue weighted by molar-refractivity contribution is -0.115. The first-order valence-corrected chi connectivity index (χ1v) is 11.4. The summed E-state index contributed by atoms with van der Waals surface area (Å²) in [5.41, 5.74) is 3.72. The zero-order chi connectivity index (χ0) is 23.4. The topological polar surface area (TPSA) is 87.8 Å². The number of anilines is 1. The van der Waals surface area contributed by atoms with Crippen LogP contribution in [0, 0.1) is 18.3 Å². The number of hydrogen-bond acceptors (Lipinski definition) is 5. The van der Waals surface area contributed by atoms with Gasteiger partial charge in [0.25, 0.3) is 5.56 Å². The van der Waals surface area contributed by atoms with Gasteiger partial charge in [-0.05, 0) is 55.8 Å². The summed E-state index contributed by atoms with van der Waals surface area (Å²) in [6.45, 7) is 4.16. The Bertz CT molecular complexity index is 1400. The Morgan fingerprint density at radius 3 is 2.48 bits per heavy atom. The summed E-state index contributed by atoms with van der Waals surface area (Å²) in [6.07, 6.45) is 0. The van der Waals surface area contributed by atoms with Crippen molar-refractivity contribution in [1.82, 2.24) is 9.55 Å². The second-order valence-electron chi connectivity index (χ2n) is 7.73. The third-order valence-corrected chi connectivity index (χ3v) is 6.31. The second-order valence-corrected chi connectivity index (χ2v) is 9.03. The van der Waals surface area contributed by atoms with Gasteiger partial charge in [-0.25, -0.2) is 4.98 Å². The molecule has 1 amide bonds. The van der Waals surface area contributed by atoms with Gasteiger partial charge in [0, 0.05) is 5.69 Å². The van der Waals surface area contributed by atoms with Crippen molar-refractivity contribution in [2.24, 2.45) is 0 Å². The van der Waals surface area contributed by atoms with Gasteiger partial charge in [0.2, 0.25) is 5.91 Å². The predicted molar refractivity (Wildman–Crippen MR) is 131 cm³/mol. The summed E-state index contributed by atoms with van der Waals surface area (Å²) >= 11 is 1.24. The van der Waals surface area contributed by atoms with Gasteiger partial charge in [-0.1, -0.05) is 53.7 Å². The number of fused-ring (bicyclic) bond motifs is 1. The molecule has 4 aromatic rings. The van der Waals surface area contributed by atoms with Crippen molar-refractivity contribution < 1.29 is 4.79 Å². The maximum absolute atomic E-state index is 13.3. The molecule has 6 nitrogen and oxygen atoms in total. The molecule has 33 heavy (non-hydrogen) atoms. The van der Waals surface area contributed by atoms with Gasteiger partial charge >= 0.3 is 0 Å². The Kier molecular flexibility index (Phi) is 6.57. The van der Waals surface area contributed by atoms with Crippen LogP contribution in [0.15, 0.2) is 82.7 Å². The Hall–Kier alpha value is -3.89. The minimum absolute atomic E-state index is 0.136. The van der Waals surface area contributed by atoms with Gasteiger partial charge in [-0.15, -0.1) is 0 Å². The van der Waals surface area contributed by atoms with Gasteiger partial charge in [-0.2, -0.15) is 5.26 Å². The summed E-state index contributed by atoms with van der Waals surface area (Å²) < 4.78 is 1.63. The smallest absolute Gasteiger partial charge is 0.262 e. The molecule has 1 aromatic heterocycles. The van der Waals surface area contributed by atoms with E-state index in [1.807, 2.05) is 43.3 Å². The first-order chi connectivity index (χ1) is 15.9. The molecule has 3 aromatic carbocycles. The zero-order valence-corrected chi connectivity index (χ0v) is 19.1. The zero-order valence-electron chi connectivity index (χ0n) is 18.3. The van der Waals surface area contributed by atoms with Crippen LogP contribution in [-0.4, -0.2) is 20.7 Å². The van der Waals surface area contributed by atoms with Crippen LogP contribution < -0.4 is 10.9 Å². The first kappa shape index (κ1) is 22.3. The van der Waals surface area contributed by atoms with E-state index in [0.717, 1.165) is 11.1 Å². The van der Waals surface area contributed by atoms with Crippen LogP contribution in [0.5, 0.6) is 0 Å². The average molecular weight is 455 g/mol. The summed E-state index contributed by atoms with van der Waals surface area (Å²) in [5.74, 6) is -0.214. The largest absolute Gasteiger partial charge is 0.325 e. The van der Waals surface area contributed by atoms with Crippen molar-refractivity contribution in [3.8, 4) is 6.07 Å². The summed E-state index contributed by atoms with van der Waals surface area (Å²) in [7, 11) is 0. The predicted octanol–water partition coefficient (Wildman–Crippen LogP) is 4.74. The lowest BCUT2D eigenvalue weighted by Crippen LogP contribution is -2.27. The highest BCUT2D eigenvalue weighted by Crippen LogP contribution is 2.24. The molecule has 0 spiro atoms. The molecular formula is C26H22N4O2S. The van der Waals surface area contributed by atoms with Gasteiger partial charge in [0.15, 0.2) is 5.16 Å². The maximum atomic E-state index is 13.3. The van der Waals surface area contributed by atoms with Crippen LogP contribution in [0.1, 0.15) is 23.6 Å². The highest BCUT2D eigenvalue weighted by Gasteiger charge is 2.20. The Balaban J connectivity index is 1.63. The molecule has 0 saturated carbocycles. The molecule has 0 bridgehead atoms. The van der Waals surface area contributed by atoms with Crippen molar-refractivity contribution >= 4 is 34.3 Å². The first-order valence-electron chi connectivity index (χ1n) is 10.5. The molecule has 0 radical (unpaired) electrons. The number of nitrogens with zero attached hydrogens (tertiary/aromatic N) is 3. The van der Waals surface area contributed by atoms with Crippen LogP contribution in [0.2, 0.25) is 0 Å². The van der Waals surface area contributed by atoms with Crippen LogP contribution in [0.25, 0.3) is 10.9 Å². The Morgan fingerprint density at radius 2 is 1.79 bits per heavy atom. The van der Waals surface area contributed by atoms with E-state index in [-0.39, 0.29) is 11.5 Å². The van der Waals surface area contributed by atoms with Gasteiger partial charge in [0.1, 0.15) is 0 Å². The fourth-order valence-corrected chi connectivity index (χ4v) is 4.24. The number of thioether (sulfide) groups is 1. The van der Waals surface area contributed by atoms with E-state index in [0.29, 0.717) is 33.9 Å². The molecule has 1 unspecified atom stereocenters. The van der Waals surface area contributed by atoms with E-state index in [1.54, 1.807) is 47.9 Å². The summed E-state index contributed by atoms with van der Waals surface area (Å²) in [6, 6.07) is 24.0. The monoisotopic (exact) mass is 454 g/mol. The molecule has 1 heterocycles. The number of aromatic nitrogens is 2. The van der Waals surface area contributed by atoms with Crippen molar-refractivity contribution in [1.29, 1.82) is 5.26 Å². The van der Waals surface area contributed by atoms with E-state index < -0.39 is 5.25 Å². The number of carbonyl (C=O) groups excluding carboxylic acids is 1. The fourth-order valence-electron chi connectivity index (χ4n) is 3.34. The number of amides is 1. The molecule has 1 atom stereocenters. The van der Waals surface area contributed by atoms with E-state index in [9.17, 15) is 9.59 Å². The number of hydrogen-bond donors (Lipinski definition) is 1. The summed E-state index contributed by atoms with van der Waals surface area (Å²) in [4.78, 5) is 30.8. The third kappa shape index (κ3) is 5.13. The molecule has 4 rings (SSSR count). The number of nitrogens with one attached hydrogen (secondary N) is 1. The number of nitriles is 1. The molecule has 0 aliphatic heterocycles. The molecule has 1 N–H and O–H groups in total. The van der Waals surface area contributed by atoms with Crippen LogP contribution >= 0.6 is 11.8 Å². The standard InChI is InChI=1S/C26H22N4O2S/c1-17-7-9-20(10-8-17)16-30-25(32)22-5-3-4-6-23(22)29-26(30)33-18(2)24(31)28-21-13-11-19(15-27)12-14-21/h3-14,18H,16H2,1-2H3,(H,28,31). The van der Waals surface area contributed by atoms with Gasteiger partial charge in [0.05, 0.1) is 34.3 Å². The number of carbonyl (C=O) groups is 1. The van der Waals surface area contributed by atoms with Gasteiger partial charge in [-0.3, -0.25) is 14.2 Å². The van der Waals surface area contributed by atoms with E-state index in [1.165, 1.54) is 11.8 Å². The quantitative estimate of drug-likeness (QED) is 0.336. The van der Waals surface area contributed by atoms with Crippen molar-refractivity contribution in [2.45, 2.75) is 30.8 Å². The van der Waals surface area contributed by atoms with Gasteiger partial charge < -0.3 is 5.32 Å². The lowest BCUT2D eigenvalue weighted by atomic mass is 10.1. The normalized spacial score (nSPS) is 11.7. The molecule has 0 aliphatic rings. The molecule has 164 valence electrons. The minimum Gasteiger partial charge on any atom is -0.325 e. The Labute approximate surface area is 195 Å². The van der Waals surface area contributed by atoms with Crippen LogP contribution in [0.4, 0.5) is 5.69 Å². The number of para-hydroxylation sites is 1. The number of rotatable bonds is 6. The SMILES string of the molecule is Cc1ccc(Cn2c(SC(C)C(=O)Nc3ccc(C#N)cc3)nc3ccccc3c2=O)cc1. The average Bonchev–Trinajstić information content (AvgIpc) is 2.83. The highest BCUT2D eigenvalue weighted by atomic mass is 32.2. The van der Waals surface area contributed by atoms with Crippen LogP contribution in [-0.2, 0) is 11.3 Å². The molecular weight excluding hydrogens is 432 g/mol. The number of aryl methyl sites for hydroxylation is 1. The van der Waals surface area contributed by atoms with Crippen molar-refractivity contribution in [3.63, 3.8) is 0 Å². The number of benzene rings is 3. The van der Waals surface area contributed by atoms with Crippen molar-refractivity contribution in [3.05, 3.63) is 99.8 Å². The van der Waals surface area contributed by atoms with E-state index >= 15 is 0 Å². The van der Waals surface area contributed by atoms with E-state index in [2.05, 4.69) is 11.4 Å². The molecule has 0 aliphatic carbocycles. The fraction of sp³-hybridized carbons (Fsp3) is 0.154. The maximum Gasteiger partial charge on any atom is 0.262 e.